The van der Waals surface area contributed by atoms with E-state index >= 15 is 0 Å². The monoisotopic (exact) mass is 1140 g/mol. The number of nitrogens with two attached hydrogens (primary N) is 1. The Morgan fingerprint density at radius 2 is 0.776 bits per heavy atom. The Kier molecular flexibility index (Phi) is 23.5. The zero-order chi connectivity index (χ0) is 59.7. The van der Waals surface area contributed by atoms with E-state index in [0.29, 0.717) is 39.3 Å². The van der Waals surface area contributed by atoms with Crippen molar-refractivity contribution in [3.63, 3.8) is 0 Å². The number of carbonyl (C=O) groups is 3. The maximum Gasteiger partial charge on any atom is 0.407 e. The van der Waals surface area contributed by atoms with Gasteiger partial charge in [0, 0.05) is 25.6 Å². The highest BCUT2D eigenvalue weighted by atomic mass is 16.5. The van der Waals surface area contributed by atoms with E-state index in [-0.39, 0.29) is 18.8 Å². The molecule has 0 bridgehead atoms. The smallest absolute Gasteiger partial charge is 0.407 e. The molecule has 0 aromatic heterocycles. The van der Waals surface area contributed by atoms with Crippen molar-refractivity contribution in [3.8, 4) is 22.6 Å². The van der Waals surface area contributed by atoms with Crippen molar-refractivity contribution in [1.82, 2.24) is 15.1 Å². The van der Waals surface area contributed by atoms with Crippen molar-refractivity contribution in [1.29, 1.82) is 0 Å². The van der Waals surface area contributed by atoms with Crippen LogP contribution in [0.5, 0.6) is 11.5 Å². The highest BCUT2D eigenvalue weighted by Crippen LogP contribution is 2.47. The number of carboxylic acid groups (broad SMARTS) is 2. The van der Waals surface area contributed by atoms with E-state index in [2.05, 4.69) is 112 Å². The second-order valence-corrected chi connectivity index (χ2v) is 21.5. The molecule has 0 aliphatic heterocycles. The molecule has 12 heteroatoms. The van der Waals surface area contributed by atoms with E-state index in [1.807, 2.05) is 121 Å². The molecule has 1 aliphatic rings. The Hall–Kier alpha value is -8.55. The van der Waals surface area contributed by atoms with Crippen LogP contribution in [0.15, 0.2) is 218 Å². The molecular formula is C73H82N4O8. The van der Waals surface area contributed by atoms with Crippen molar-refractivity contribution in [2.75, 3.05) is 60.1 Å². The van der Waals surface area contributed by atoms with E-state index in [0.717, 1.165) is 103 Å². The molecule has 442 valence electrons. The van der Waals surface area contributed by atoms with Gasteiger partial charge in [-0.3, -0.25) is 19.4 Å². The van der Waals surface area contributed by atoms with Gasteiger partial charge in [-0.05, 0) is 125 Å². The van der Waals surface area contributed by atoms with Gasteiger partial charge < -0.3 is 35.5 Å². The molecule has 0 heterocycles. The van der Waals surface area contributed by atoms with Gasteiger partial charge in [0.1, 0.15) is 18.1 Å². The minimum atomic E-state index is -0.830. The van der Waals surface area contributed by atoms with Crippen molar-refractivity contribution < 1.29 is 38.8 Å². The van der Waals surface area contributed by atoms with Gasteiger partial charge in [0.15, 0.2) is 0 Å². The lowest BCUT2D eigenvalue weighted by atomic mass is 9.75. The van der Waals surface area contributed by atoms with Gasteiger partial charge in [0.2, 0.25) is 0 Å². The van der Waals surface area contributed by atoms with Crippen molar-refractivity contribution in [2.45, 2.75) is 81.2 Å². The third-order valence-corrected chi connectivity index (χ3v) is 16.3. The first-order chi connectivity index (χ1) is 41.6. The Morgan fingerprint density at radius 3 is 1.14 bits per heavy atom. The molecule has 0 fully saturated rings. The normalized spacial score (nSPS) is 12.0. The number of carboxylic acids is 2. The SMILES string of the molecule is COc1ccc(C(c2ccccc2)(c2ccccc2)N(CCCCCCN)CCC(=O)O)cc1.COc1ccc(C(c2ccccc2)(c2ccccc2)N(CCCCCCNC(=O)OCC2c3ccccc3-c3ccccc32)CCC(=O)O)cc1. The number of alkyl carbamates (subject to hydrolysis) is 1. The Balaban J connectivity index is 0.000000241. The molecule has 1 amide bonds. The Morgan fingerprint density at radius 1 is 0.435 bits per heavy atom. The standard InChI is InChI=1S/C44H46N2O5.C29H36N2O3/c1-50-36-26-24-35(25-27-36)44(33-16-6-4-7-17-33,34-18-8-5-9-19-34)46(31-28-42(47)48)30-15-3-2-14-29-45-43(49)51-32-41-39-22-12-10-20-37(39)38-21-11-13-23-40(38)41;1-34-27-18-16-26(17-19-27)29(24-12-6-4-7-13-24,25-14-8-5-9-15-25)31(23-20-28(32)33)22-11-3-2-10-21-30/h4-13,16-27,41H,2-3,14-15,28-32H2,1H3,(H,45,49)(H,47,48);4-9,12-19H,2-3,10-11,20-23,30H2,1H3,(H,32,33). The third-order valence-electron chi connectivity index (χ3n) is 16.3. The van der Waals surface area contributed by atoms with Crippen LogP contribution in [0.4, 0.5) is 4.79 Å². The highest BCUT2D eigenvalue weighted by molar-refractivity contribution is 5.79. The lowest BCUT2D eigenvalue weighted by Gasteiger charge is -2.46. The average molecular weight is 1140 g/mol. The summed E-state index contributed by atoms with van der Waals surface area (Å²) in [6.45, 7) is 3.79. The van der Waals surface area contributed by atoms with Crippen molar-refractivity contribution in [2.24, 2.45) is 5.73 Å². The number of rotatable bonds is 31. The second kappa shape index (κ2) is 31.9. The summed E-state index contributed by atoms with van der Waals surface area (Å²) in [7, 11) is 3.32. The minimum Gasteiger partial charge on any atom is -0.497 e. The maximum absolute atomic E-state index is 12.7. The summed E-state index contributed by atoms with van der Waals surface area (Å²) in [5, 5.41) is 22.4. The molecule has 9 rings (SSSR count). The third kappa shape index (κ3) is 15.6. The number of methoxy groups -OCH3 is 2. The van der Waals surface area contributed by atoms with Gasteiger partial charge >= 0.3 is 18.0 Å². The summed E-state index contributed by atoms with van der Waals surface area (Å²) in [4.78, 5) is 41.0. The largest absolute Gasteiger partial charge is 0.497 e. The molecule has 8 aromatic carbocycles. The summed E-state index contributed by atoms with van der Waals surface area (Å²) in [6.07, 6.45) is 7.34. The topological polar surface area (TPSA) is 164 Å². The minimum absolute atomic E-state index is 0.0155. The number of nitrogens with zero attached hydrogens (tertiary/aromatic N) is 2. The van der Waals surface area contributed by atoms with Crippen LogP contribution < -0.4 is 20.5 Å². The first-order valence-corrected chi connectivity index (χ1v) is 29.9. The van der Waals surface area contributed by atoms with Gasteiger partial charge in [-0.25, -0.2) is 4.79 Å². The summed E-state index contributed by atoms with van der Waals surface area (Å²) < 4.78 is 16.6. The molecule has 0 saturated heterocycles. The summed E-state index contributed by atoms with van der Waals surface area (Å²) in [5.74, 6) is -0.0406. The van der Waals surface area contributed by atoms with Gasteiger partial charge in [0.05, 0.1) is 38.1 Å². The van der Waals surface area contributed by atoms with Crippen molar-refractivity contribution >= 4 is 18.0 Å². The lowest BCUT2D eigenvalue weighted by molar-refractivity contribution is -0.138. The zero-order valence-corrected chi connectivity index (χ0v) is 49.2. The fourth-order valence-corrected chi connectivity index (χ4v) is 12.3. The highest BCUT2D eigenvalue weighted by Gasteiger charge is 2.43. The summed E-state index contributed by atoms with van der Waals surface area (Å²) in [6, 6.07) is 74.3. The van der Waals surface area contributed by atoms with E-state index in [1.165, 1.54) is 22.3 Å². The fraction of sp³-hybridized carbons (Fsp3) is 0.301. The second-order valence-electron chi connectivity index (χ2n) is 21.5. The van der Waals surface area contributed by atoms with E-state index < -0.39 is 29.1 Å². The zero-order valence-electron chi connectivity index (χ0n) is 49.2. The van der Waals surface area contributed by atoms with Crippen LogP contribution in [-0.4, -0.2) is 98.1 Å². The van der Waals surface area contributed by atoms with Crippen LogP contribution in [0.25, 0.3) is 11.1 Å². The molecule has 8 aromatic rings. The molecule has 0 atom stereocenters. The molecule has 1 aliphatic carbocycles. The number of fused-ring (bicyclic) bond motifs is 3. The summed E-state index contributed by atoms with van der Waals surface area (Å²) in [5.41, 5.74) is 15.6. The Bertz CT molecular complexity index is 3170. The number of nitrogens with one attached hydrogen (secondary N) is 1. The first-order valence-electron chi connectivity index (χ1n) is 29.9. The van der Waals surface area contributed by atoms with Gasteiger partial charge in [-0.15, -0.1) is 0 Å². The number of carbonyl (C=O) groups excluding carboxylic acids is 1. The number of amides is 1. The molecule has 12 nitrogen and oxygen atoms in total. The molecule has 0 saturated carbocycles. The van der Waals surface area contributed by atoms with Gasteiger partial charge in [-0.2, -0.15) is 0 Å². The van der Waals surface area contributed by atoms with Gasteiger partial charge in [0.25, 0.3) is 0 Å². The molecule has 5 N–H and O–H groups in total. The molecule has 0 radical (unpaired) electrons. The molecule has 0 spiro atoms. The number of aliphatic carboxylic acids is 2. The number of hydrogen-bond donors (Lipinski definition) is 4. The number of ether oxygens (including phenoxy) is 3. The Labute approximate surface area is 502 Å². The first kappa shape index (κ1) is 62.5. The summed E-state index contributed by atoms with van der Waals surface area (Å²) >= 11 is 0. The van der Waals surface area contributed by atoms with Crippen LogP contribution >= 0.6 is 0 Å². The molecular weight excluding hydrogens is 1060 g/mol. The van der Waals surface area contributed by atoms with Gasteiger partial charge in [-0.1, -0.05) is 220 Å². The predicted octanol–water partition coefficient (Wildman–Crippen LogP) is 14.1. The fourth-order valence-electron chi connectivity index (χ4n) is 12.3. The lowest BCUT2D eigenvalue weighted by Crippen LogP contribution is -2.49. The van der Waals surface area contributed by atoms with Crippen LogP contribution in [0, 0.1) is 0 Å². The van der Waals surface area contributed by atoms with Crippen LogP contribution in [0.2, 0.25) is 0 Å². The van der Waals surface area contributed by atoms with Crippen LogP contribution in [0.1, 0.15) is 115 Å². The van der Waals surface area contributed by atoms with E-state index in [1.54, 1.807) is 14.2 Å². The predicted molar refractivity (Wildman–Crippen MR) is 338 cm³/mol. The number of hydrogen-bond acceptors (Lipinski definition) is 9. The van der Waals surface area contributed by atoms with Crippen LogP contribution in [-0.2, 0) is 25.4 Å². The number of benzene rings is 8. The van der Waals surface area contributed by atoms with Crippen LogP contribution in [0.3, 0.4) is 0 Å². The molecule has 0 unspecified atom stereocenters. The average Bonchev–Trinajstić information content (AvgIpc) is 1.94. The van der Waals surface area contributed by atoms with Crippen molar-refractivity contribution in [3.05, 3.63) is 263 Å². The maximum atomic E-state index is 12.7. The number of unbranched alkanes of at least 4 members (excludes halogenated alkanes) is 6. The quantitative estimate of drug-likeness (QED) is 0.0242. The van der Waals surface area contributed by atoms with E-state index in [9.17, 15) is 24.6 Å². The molecule has 85 heavy (non-hydrogen) atoms. The van der Waals surface area contributed by atoms with E-state index in [4.69, 9.17) is 19.9 Å².